The highest BCUT2D eigenvalue weighted by molar-refractivity contribution is 7.08. The van der Waals surface area contributed by atoms with Crippen LogP contribution in [0.15, 0.2) is 41.1 Å². The van der Waals surface area contributed by atoms with Crippen LogP contribution in [0.25, 0.3) is 0 Å². The molecule has 0 aliphatic carbocycles. The maximum absolute atomic E-state index is 10.4. The van der Waals surface area contributed by atoms with E-state index in [0.29, 0.717) is 13.2 Å². The Balaban J connectivity index is 1.83. The first-order valence-corrected chi connectivity index (χ1v) is 7.73. The van der Waals surface area contributed by atoms with E-state index in [1.54, 1.807) is 11.3 Å². The molecule has 3 nitrogen and oxygen atoms in total. The van der Waals surface area contributed by atoms with Crippen molar-refractivity contribution in [2.24, 2.45) is 0 Å². The molecular weight excluding hydrogens is 270 g/mol. The average Bonchev–Trinajstić information content (AvgIpc) is 2.96. The molecule has 0 amide bonds. The minimum absolute atomic E-state index is 0.525. The van der Waals surface area contributed by atoms with Crippen molar-refractivity contribution in [3.8, 4) is 5.75 Å². The van der Waals surface area contributed by atoms with Gasteiger partial charge in [-0.05, 0) is 53.9 Å². The summed E-state index contributed by atoms with van der Waals surface area (Å²) in [6.45, 7) is 5.74. The van der Waals surface area contributed by atoms with E-state index >= 15 is 0 Å². The maximum Gasteiger partial charge on any atom is 0.119 e. The normalized spacial score (nSPS) is 13.9. The molecule has 2 rings (SSSR count). The van der Waals surface area contributed by atoms with Crippen molar-refractivity contribution >= 4 is 11.3 Å². The van der Waals surface area contributed by atoms with Gasteiger partial charge >= 0.3 is 0 Å². The van der Waals surface area contributed by atoms with Crippen LogP contribution in [0.4, 0.5) is 0 Å². The second-order valence-electron chi connectivity index (χ2n) is 4.97. The molecule has 0 aliphatic heterocycles. The smallest absolute Gasteiger partial charge is 0.119 e. The molecule has 0 radical (unpaired) electrons. The Morgan fingerprint density at radius 1 is 1.25 bits per heavy atom. The minimum atomic E-state index is -0.828. The van der Waals surface area contributed by atoms with Crippen LogP contribution >= 0.6 is 11.3 Å². The molecule has 108 valence electrons. The van der Waals surface area contributed by atoms with E-state index in [-0.39, 0.29) is 0 Å². The molecule has 20 heavy (non-hydrogen) atoms. The van der Waals surface area contributed by atoms with Gasteiger partial charge in [0.05, 0.1) is 12.2 Å². The van der Waals surface area contributed by atoms with Gasteiger partial charge in [0.1, 0.15) is 5.75 Å². The molecule has 1 heterocycles. The van der Waals surface area contributed by atoms with Gasteiger partial charge < -0.3 is 15.2 Å². The highest BCUT2D eigenvalue weighted by Gasteiger charge is 2.22. The average molecular weight is 291 g/mol. The van der Waals surface area contributed by atoms with Crippen LogP contribution in [0.2, 0.25) is 0 Å². The molecule has 0 spiro atoms. The highest BCUT2D eigenvalue weighted by Crippen LogP contribution is 2.22. The summed E-state index contributed by atoms with van der Waals surface area (Å²) in [5, 5.41) is 17.7. The monoisotopic (exact) mass is 291 g/mol. The van der Waals surface area contributed by atoms with Gasteiger partial charge in [-0.3, -0.25) is 0 Å². The fourth-order valence-corrected chi connectivity index (χ4v) is 2.78. The first kappa shape index (κ1) is 15.0. The molecule has 0 saturated carbocycles. The number of hydrogen-bond donors (Lipinski definition) is 2. The quantitative estimate of drug-likeness (QED) is 0.823. The molecule has 1 unspecified atom stereocenters. The van der Waals surface area contributed by atoms with E-state index in [0.717, 1.165) is 17.9 Å². The van der Waals surface area contributed by atoms with Crippen molar-refractivity contribution in [1.29, 1.82) is 0 Å². The zero-order valence-electron chi connectivity index (χ0n) is 11.9. The zero-order valence-corrected chi connectivity index (χ0v) is 12.7. The van der Waals surface area contributed by atoms with Crippen molar-refractivity contribution in [2.45, 2.75) is 26.0 Å². The fourth-order valence-electron chi connectivity index (χ4n) is 1.99. The highest BCUT2D eigenvalue weighted by atomic mass is 32.1. The Labute approximate surface area is 124 Å². The van der Waals surface area contributed by atoms with E-state index in [1.807, 2.05) is 54.9 Å². The molecule has 2 N–H and O–H groups in total. The number of nitrogens with one attached hydrogen (secondary N) is 1. The summed E-state index contributed by atoms with van der Waals surface area (Å²) in [5.74, 6) is 0.890. The van der Waals surface area contributed by atoms with Gasteiger partial charge in [0.2, 0.25) is 0 Å². The standard InChI is InChI=1S/C16H21NO2S/c1-3-19-15-6-4-13(5-7-15)10-17-12-16(2,18)14-8-9-20-11-14/h4-9,11,17-18H,3,10,12H2,1-2H3. The first-order chi connectivity index (χ1) is 9.62. The Bertz CT molecular complexity index is 506. The Morgan fingerprint density at radius 2 is 2.00 bits per heavy atom. The summed E-state index contributed by atoms with van der Waals surface area (Å²) in [7, 11) is 0. The lowest BCUT2D eigenvalue weighted by Gasteiger charge is -2.23. The minimum Gasteiger partial charge on any atom is -0.494 e. The van der Waals surface area contributed by atoms with Crippen LogP contribution in [0.5, 0.6) is 5.75 Å². The van der Waals surface area contributed by atoms with Crippen LogP contribution in [0.1, 0.15) is 25.0 Å². The number of aliphatic hydroxyl groups is 1. The molecule has 0 aliphatic rings. The summed E-state index contributed by atoms with van der Waals surface area (Å²) >= 11 is 1.60. The predicted octanol–water partition coefficient (Wildman–Crippen LogP) is 3.14. The van der Waals surface area contributed by atoms with Crippen LogP contribution in [-0.2, 0) is 12.1 Å². The number of hydrogen-bond acceptors (Lipinski definition) is 4. The van der Waals surface area contributed by atoms with Crippen LogP contribution in [0.3, 0.4) is 0 Å². The van der Waals surface area contributed by atoms with Crippen molar-refractivity contribution in [3.05, 3.63) is 52.2 Å². The van der Waals surface area contributed by atoms with Crippen molar-refractivity contribution in [2.75, 3.05) is 13.2 Å². The Hall–Kier alpha value is -1.36. The topological polar surface area (TPSA) is 41.5 Å². The van der Waals surface area contributed by atoms with Gasteiger partial charge in [0.25, 0.3) is 0 Å². The molecule has 0 bridgehead atoms. The predicted molar refractivity (Wildman–Crippen MR) is 83.2 cm³/mol. The van der Waals surface area contributed by atoms with Crippen LogP contribution in [-0.4, -0.2) is 18.3 Å². The van der Waals surface area contributed by atoms with Crippen LogP contribution in [0, 0.1) is 0 Å². The molecular formula is C16H21NO2S. The second-order valence-corrected chi connectivity index (χ2v) is 5.75. The molecule has 0 fully saturated rings. The van der Waals surface area contributed by atoms with Gasteiger partial charge in [0, 0.05) is 13.1 Å². The first-order valence-electron chi connectivity index (χ1n) is 6.79. The fraction of sp³-hybridized carbons (Fsp3) is 0.375. The number of ether oxygens (including phenoxy) is 1. The van der Waals surface area contributed by atoms with Crippen molar-refractivity contribution < 1.29 is 9.84 Å². The van der Waals surface area contributed by atoms with Crippen molar-refractivity contribution in [3.63, 3.8) is 0 Å². The third kappa shape index (κ3) is 4.07. The number of thiophene rings is 1. The number of rotatable bonds is 7. The SMILES string of the molecule is CCOc1ccc(CNCC(C)(O)c2ccsc2)cc1. The van der Waals surface area contributed by atoms with Gasteiger partial charge in [-0.15, -0.1) is 0 Å². The summed E-state index contributed by atoms with van der Waals surface area (Å²) in [6, 6.07) is 9.98. The van der Waals surface area contributed by atoms with Gasteiger partial charge in [0.15, 0.2) is 0 Å². The third-order valence-corrected chi connectivity index (χ3v) is 3.86. The van der Waals surface area contributed by atoms with Crippen molar-refractivity contribution in [1.82, 2.24) is 5.32 Å². The third-order valence-electron chi connectivity index (χ3n) is 3.18. The Morgan fingerprint density at radius 3 is 2.60 bits per heavy atom. The van der Waals surface area contributed by atoms with E-state index in [9.17, 15) is 5.11 Å². The molecule has 1 aromatic heterocycles. The molecule has 4 heteroatoms. The summed E-state index contributed by atoms with van der Waals surface area (Å²) < 4.78 is 5.41. The summed E-state index contributed by atoms with van der Waals surface area (Å²) in [6.07, 6.45) is 0. The molecule has 1 atom stereocenters. The summed E-state index contributed by atoms with van der Waals surface area (Å²) in [5.41, 5.74) is 1.31. The lowest BCUT2D eigenvalue weighted by molar-refractivity contribution is 0.0571. The Kier molecular flexibility index (Phi) is 5.17. The summed E-state index contributed by atoms with van der Waals surface area (Å²) in [4.78, 5) is 0. The molecule has 2 aromatic rings. The second kappa shape index (κ2) is 6.88. The van der Waals surface area contributed by atoms with Gasteiger partial charge in [-0.2, -0.15) is 11.3 Å². The van der Waals surface area contributed by atoms with E-state index in [4.69, 9.17) is 4.74 Å². The zero-order chi connectivity index (χ0) is 14.4. The number of benzene rings is 1. The lowest BCUT2D eigenvalue weighted by Crippen LogP contribution is -2.34. The van der Waals surface area contributed by atoms with Gasteiger partial charge in [-0.1, -0.05) is 12.1 Å². The van der Waals surface area contributed by atoms with E-state index < -0.39 is 5.60 Å². The lowest BCUT2D eigenvalue weighted by atomic mass is 9.99. The largest absolute Gasteiger partial charge is 0.494 e. The molecule has 1 aromatic carbocycles. The van der Waals surface area contributed by atoms with Crippen LogP contribution < -0.4 is 10.1 Å². The van der Waals surface area contributed by atoms with Gasteiger partial charge in [-0.25, -0.2) is 0 Å². The molecule has 0 saturated heterocycles. The van der Waals surface area contributed by atoms with E-state index in [2.05, 4.69) is 5.32 Å². The maximum atomic E-state index is 10.4. The van der Waals surface area contributed by atoms with E-state index in [1.165, 1.54) is 5.56 Å².